The summed E-state index contributed by atoms with van der Waals surface area (Å²) in [4.78, 5) is 0. The van der Waals surface area contributed by atoms with Crippen LogP contribution in [0.25, 0.3) is 0 Å². The summed E-state index contributed by atoms with van der Waals surface area (Å²) in [6.07, 6.45) is 1.05. The summed E-state index contributed by atoms with van der Waals surface area (Å²) in [5.74, 6) is 0.888. The highest BCUT2D eigenvalue weighted by Crippen LogP contribution is 2.47. The van der Waals surface area contributed by atoms with Crippen LogP contribution in [-0.2, 0) is 4.74 Å². The lowest BCUT2D eigenvalue weighted by Gasteiger charge is -2.41. The van der Waals surface area contributed by atoms with Crippen molar-refractivity contribution >= 4 is 0 Å². The minimum atomic E-state index is -0.155. The predicted molar refractivity (Wildman–Crippen MR) is 64.8 cm³/mol. The Kier molecular flexibility index (Phi) is 2.99. The van der Waals surface area contributed by atoms with Crippen LogP contribution >= 0.6 is 0 Å². The lowest BCUT2D eigenvalue weighted by molar-refractivity contribution is -0.0834. The maximum absolute atomic E-state index is 6.48. The zero-order valence-electron chi connectivity index (χ0n) is 11.3. The van der Waals surface area contributed by atoms with Crippen LogP contribution in [0.1, 0.15) is 54.9 Å². The van der Waals surface area contributed by atoms with Crippen LogP contribution < -0.4 is 5.73 Å². The molecule has 0 aromatic carbocycles. The smallest absolute Gasteiger partial charge is 0.0680 e. The van der Waals surface area contributed by atoms with Crippen LogP contribution in [0.2, 0.25) is 0 Å². The SMILES string of the molecule is CC(C)C(C)(N)C1CC(C)(C)OC1(C)C. The van der Waals surface area contributed by atoms with Crippen molar-refractivity contribution < 1.29 is 4.74 Å². The van der Waals surface area contributed by atoms with Gasteiger partial charge in [0.1, 0.15) is 0 Å². The molecule has 2 unspecified atom stereocenters. The zero-order chi connectivity index (χ0) is 12.1. The van der Waals surface area contributed by atoms with Crippen molar-refractivity contribution in [3.63, 3.8) is 0 Å². The van der Waals surface area contributed by atoms with Gasteiger partial charge in [0.15, 0.2) is 0 Å². The fourth-order valence-electron chi connectivity index (χ4n) is 2.93. The average Bonchev–Trinajstić information content (AvgIpc) is 2.19. The molecule has 2 atom stereocenters. The van der Waals surface area contributed by atoms with Crippen LogP contribution in [0.4, 0.5) is 0 Å². The minimum Gasteiger partial charge on any atom is -0.369 e. The van der Waals surface area contributed by atoms with Crippen molar-refractivity contribution in [1.82, 2.24) is 0 Å². The number of nitrogens with two attached hydrogens (primary N) is 1. The first-order valence-corrected chi connectivity index (χ1v) is 5.98. The number of hydrogen-bond acceptors (Lipinski definition) is 2. The number of hydrogen-bond donors (Lipinski definition) is 1. The number of ether oxygens (including phenoxy) is 1. The normalized spacial score (nSPS) is 33.0. The fourth-order valence-corrected chi connectivity index (χ4v) is 2.93. The third-order valence-corrected chi connectivity index (χ3v) is 4.07. The van der Waals surface area contributed by atoms with Gasteiger partial charge in [-0.2, -0.15) is 0 Å². The highest BCUT2D eigenvalue weighted by Gasteiger charge is 2.53. The third-order valence-electron chi connectivity index (χ3n) is 4.07. The maximum atomic E-state index is 6.48. The van der Waals surface area contributed by atoms with Gasteiger partial charge in [0, 0.05) is 11.5 Å². The van der Waals surface area contributed by atoms with Crippen molar-refractivity contribution in [2.24, 2.45) is 17.6 Å². The molecule has 1 fully saturated rings. The van der Waals surface area contributed by atoms with Gasteiger partial charge >= 0.3 is 0 Å². The van der Waals surface area contributed by atoms with Crippen molar-refractivity contribution in [3.05, 3.63) is 0 Å². The van der Waals surface area contributed by atoms with E-state index in [1.807, 2.05) is 0 Å². The van der Waals surface area contributed by atoms with E-state index in [9.17, 15) is 0 Å². The first kappa shape index (κ1) is 13.0. The maximum Gasteiger partial charge on any atom is 0.0680 e. The summed E-state index contributed by atoms with van der Waals surface area (Å²) < 4.78 is 6.11. The molecule has 1 heterocycles. The molecule has 1 rings (SSSR count). The Hall–Kier alpha value is -0.0800. The topological polar surface area (TPSA) is 35.2 Å². The van der Waals surface area contributed by atoms with Crippen molar-refractivity contribution in [2.75, 3.05) is 0 Å². The molecule has 0 amide bonds. The monoisotopic (exact) mass is 213 g/mol. The van der Waals surface area contributed by atoms with Crippen LogP contribution in [0, 0.1) is 11.8 Å². The molecule has 1 aliphatic rings. The van der Waals surface area contributed by atoms with Crippen LogP contribution in [0.15, 0.2) is 0 Å². The molecule has 1 aliphatic heterocycles. The molecule has 0 radical (unpaired) electrons. The molecule has 2 heteroatoms. The van der Waals surface area contributed by atoms with Gasteiger partial charge in [-0.25, -0.2) is 0 Å². The molecule has 0 aromatic heterocycles. The van der Waals surface area contributed by atoms with E-state index in [2.05, 4.69) is 48.5 Å². The van der Waals surface area contributed by atoms with E-state index in [4.69, 9.17) is 10.5 Å². The summed E-state index contributed by atoms with van der Waals surface area (Å²) in [5, 5.41) is 0. The van der Waals surface area contributed by atoms with E-state index in [-0.39, 0.29) is 16.7 Å². The molecule has 90 valence electrons. The summed E-state index contributed by atoms with van der Waals surface area (Å²) in [5.41, 5.74) is 6.17. The van der Waals surface area contributed by atoms with E-state index in [1.54, 1.807) is 0 Å². The molecule has 0 aromatic rings. The first-order chi connectivity index (χ1) is 6.49. The summed E-state index contributed by atoms with van der Waals surface area (Å²) in [6, 6.07) is 0. The Labute approximate surface area is 94.6 Å². The average molecular weight is 213 g/mol. The van der Waals surface area contributed by atoms with E-state index in [1.165, 1.54) is 0 Å². The van der Waals surface area contributed by atoms with Gasteiger partial charge in [-0.3, -0.25) is 0 Å². The Morgan fingerprint density at radius 1 is 1.27 bits per heavy atom. The van der Waals surface area contributed by atoms with Gasteiger partial charge in [0.2, 0.25) is 0 Å². The van der Waals surface area contributed by atoms with E-state index >= 15 is 0 Å². The van der Waals surface area contributed by atoms with Gasteiger partial charge in [0.25, 0.3) is 0 Å². The minimum absolute atomic E-state index is 0.0380. The Morgan fingerprint density at radius 2 is 1.73 bits per heavy atom. The quantitative estimate of drug-likeness (QED) is 0.765. The Bertz CT molecular complexity index is 241. The molecule has 15 heavy (non-hydrogen) atoms. The van der Waals surface area contributed by atoms with E-state index in [0.717, 1.165) is 6.42 Å². The fraction of sp³-hybridized carbons (Fsp3) is 1.00. The number of rotatable bonds is 2. The van der Waals surface area contributed by atoms with Crippen LogP contribution in [0.5, 0.6) is 0 Å². The summed E-state index contributed by atoms with van der Waals surface area (Å²) in [7, 11) is 0. The molecule has 2 nitrogen and oxygen atoms in total. The highest BCUT2D eigenvalue weighted by molar-refractivity contribution is 5.05. The molecule has 0 aliphatic carbocycles. The van der Waals surface area contributed by atoms with E-state index < -0.39 is 0 Å². The molecule has 0 saturated carbocycles. The first-order valence-electron chi connectivity index (χ1n) is 5.98. The van der Waals surface area contributed by atoms with Gasteiger partial charge in [-0.15, -0.1) is 0 Å². The third kappa shape index (κ3) is 2.36. The van der Waals surface area contributed by atoms with Gasteiger partial charge in [-0.1, -0.05) is 13.8 Å². The van der Waals surface area contributed by atoms with Crippen LogP contribution in [-0.4, -0.2) is 16.7 Å². The van der Waals surface area contributed by atoms with E-state index in [0.29, 0.717) is 11.8 Å². The standard InChI is InChI=1S/C13H27NO/c1-9(2)13(7,14)10-8-11(3,4)15-12(10,5)6/h9-10H,8,14H2,1-7H3. The zero-order valence-corrected chi connectivity index (χ0v) is 11.3. The van der Waals surface area contributed by atoms with Crippen molar-refractivity contribution in [3.8, 4) is 0 Å². The Balaban J connectivity index is 2.97. The van der Waals surface area contributed by atoms with Crippen molar-refractivity contribution in [2.45, 2.75) is 71.6 Å². The Morgan fingerprint density at radius 3 is 2.00 bits per heavy atom. The molecular weight excluding hydrogens is 186 g/mol. The predicted octanol–water partition coefficient (Wildman–Crippen LogP) is 2.95. The highest BCUT2D eigenvalue weighted by atomic mass is 16.5. The second-order valence-electron chi connectivity index (χ2n) is 6.74. The van der Waals surface area contributed by atoms with Crippen molar-refractivity contribution in [1.29, 1.82) is 0 Å². The van der Waals surface area contributed by atoms with Gasteiger partial charge in [-0.05, 0) is 47.0 Å². The molecule has 0 spiro atoms. The summed E-state index contributed by atoms with van der Waals surface area (Å²) in [6.45, 7) is 15.2. The lowest BCUT2D eigenvalue weighted by Crippen LogP contribution is -2.54. The molecule has 0 bridgehead atoms. The molecular formula is C13H27NO. The van der Waals surface area contributed by atoms with Gasteiger partial charge in [0.05, 0.1) is 11.2 Å². The second kappa shape index (κ2) is 3.46. The second-order valence-corrected chi connectivity index (χ2v) is 6.74. The lowest BCUT2D eigenvalue weighted by atomic mass is 9.69. The summed E-state index contributed by atoms with van der Waals surface area (Å²) >= 11 is 0. The molecule has 2 N–H and O–H groups in total. The van der Waals surface area contributed by atoms with Crippen LogP contribution in [0.3, 0.4) is 0 Å². The molecule has 1 saturated heterocycles. The van der Waals surface area contributed by atoms with Gasteiger partial charge < -0.3 is 10.5 Å². The largest absolute Gasteiger partial charge is 0.369 e.